The summed E-state index contributed by atoms with van der Waals surface area (Å²) in [6.07, 6.45) is 5.69. The number of halogens is 1. The quantitative estimate of drug-likeness (QED) is 0.563. The number of ether oxygens (including phenoxy) is 2. The summed E-state index contributed by atoms with van der Waals surface area (Å²) in [5.41, 5.74) is 3.33. The van der Waals surface area contributed by atoms with Crippen molar-refractivity contribution in [2.45, 2.75) is 51.2 Å². The molecule has 9 heteroatoms. The van der Waals surface area contributed by atoms with E-state index >= 15 is 0 Å². The van der Waals surface area contributed by atoms with E-state index in [2.05, 4.69) is 25.4 Å². The molecule has 1 N–H and O–H groups in total. The monoisotopic (exact) mass is 491 g/mol. The Balaban J connectivity index is 1.15. The molecule has 2 aliphatic rings. The second kappa shape index (κ2) is 10.5. The number of anilines is 1. The number of nitrogens with one attached hydrogen (secondary N) is 1. The number of carbonyl (C=O) groups is 1. The molecule has 3 aromatic rings. The number of piperidine rings is 1. The number of pyridine rings is 1. The number of aromatic nitrogens is 3. The Bertz CT molecular complexity index is 1230. The summed E-state index contributed by atoms with van der Waals surface area (Å²) in [5.74, 6) is 1.64. The van der Waals surface area contributed by atoms with E-state index in [9.17, 15) is 9.18 Å². The Hall–Kier alpha value is -3.75. The van der Waals surface area contributed by atoms with Gasteiger partial charge in [0.2, 0.25) is 5.88 Å². The number of rotatable bonds is 6. The van der Waals surface area contributed by atoms with Gasteiger partial charge in [0.15, 0.2) is 11.5 Å². The third-order valence-electron chi connectivity index (χ3n) is 6.89. The third-order valence-corrected chi connectivity index (χ3v) is 6.89. The highest BCUT2D eigenvalue weighted by Crippen LogP contribution is 2.25. The molecule has 0 radical (unpaired) electrons. The first-order valence-electron chi connectivity index (χ1n) is 12.3. The van der Waals surface area contributed by atoms with Gasteiger partial charge < -0.3 is 19.7 Å². The van der Waals surface area contributed by atoms with Gasteiger partial charge in [-0.15, -0.1) is 10.2 Å². The van der Waals surface area contributed by atoms with Crippen LogP contribution in [-0.4, -0.2) is 53.4 Å². The van der Waals surface area contributed by atoms with Crippen molar-refractivity contribution in [2.75, 3.05) is 25.1 Å². The van der Waals surface area contributed by atoms with Crippen molar-refractivity contribution in [3.05, 3.63) is 70.8 Å². The van der Waals surface area contributed by atoms with E-state index in [0.29, 0.717) is 18.0 Å². The Morgan fingerprint density at radius 2 is 1.92 bits per heavy atom. The summed E-state index contributed by atoms with van der Waals surface area (Å²) in [5, 5.41) is 11.7. The lowest BCUT2D eigenvalue weighted by molar-refractivity contribution is 0.0927. The molecule has 0 bridgehead atoms. The van der Waals surface area contributed by atoms with Crippen molar-refractivity contribution in [3.8, 4) is 11.6 Å². The summed E-state index contributed by atoms with van der Waals surface area (Å²) in [6.45, 7) is 3.53. The lowest BCUT2D eigenvalue weighted by atomic mass is 9.88. The fourth-order valence-corrected chi connectivity index (χ4v) is 4.94. The van der Waals surface area contributed by atoms with Crippen molar-refractivity contribution in [1.29, 1.82) is 0 Å². The van der Waals surface area contributed by atoms with E-state index in [4.69, 9.17) is 9.47 Å². The molecule has 1 aliphatic carbocycles. The molecular weight excluding hydrogens is 461 g/mol. The maximum atomic E-state index is 13.5. The summed E-state index contributed by atoms with van der Waals surface area (Å²) < 4.78 is 24.6. The Morgan fingerprint density at radius 3 is 2.64 bits per heavy atom. The highest BCUT2D eigenvalue weighted by molar-refractivity contribution is 5.92. The first-order chi connectivity index (χ1) is 17.5. The van der Waals surface area contributed by atoms with Crippen molar-refractivity contribution >= 4 is 11.7 Å². The minimum Gasteiger partial charge on any atom is -0.489 e. The van der Waals surface area contributed by atoms with Crippen LogP contribution in [0.2, 0.25) is 0 Å². The molecule has 8 nitrogen and oxygen atoms in total. The van der Waals surface area contributed by atoms with Gasteiger partial charge in [0.1, 0.15) is 17.7 Å². The fourth-order valence-electron chi connectivity index (χ4n) is 4.94. The number of benzene rings is 1. The van der Waals surface area contributed by atoms with Gasteiger partial charge in [-0.1, -0.05) is 6.07 Å². The zero-order valence-electron chi connectivity index (χ0n) is 20.5. The minimum absolute atomic E-state index is 0.00262. The molecule has 0 unspecified atom stereocenters. The van der Waals surface area contributed by atoms with Gasteiger partial charge in [0.05, 0.1) is 13.3 Å². The van der Waals surface area contributed by atoms with E-state index in [0.717, 1.165) is 67.0 Å². The first-order valence-corrected chi connectivity index (χ1v) is 12.3. The molecule has 0 spiro atoms. The number of hydrogen-bond donors (Lipinski definition) is 1. The van der Waals surface area contributed by atoms with Gasteiger partial charge in [0, 0.05) is 38.0 Å². The molecular formula is C27H30FN5O3. The minimum atomic E-state index is -0.229. The molecule has 36 heavy (non-hydrogen) atoms. The molecule has 1 aromatic carbocycles. The zero-order valence-corrected chi connectivity index (χ0v) is 20.5. The average molecular weight is 492 g/mol. The van der Waals surface area contributed by atoms with Gasteiger partial charge in [-0.2, -0.15) is 0 Å². The maximum Gasteiger partial charge on any atom is 0.272 e. The smallest absolute Gasteiger partial charge is 0.272 e. The molecule has 3 heterocycles. The van der Waals surface area contributed by atoms with Crippen LogP contribution in [0, 0.1) is 12.7 Å². The summed E-state index contributed by atoms with van der Waals surface area (Å²) in [6, 6.07) is 10.3. The molecule has 2 aromatic heterocycles. The predicted octanol–water partition coefficient (Wildman–Crippen LogP) is 3.66. The van der Waals surface area contributed by atoms with E-state index in [1.807, 2.05) is 19.1 Å². The Labute approximate surface area is 209 Å². The second-order valence-corrected chi connectivity index (χ2v) is 9.40. The molecule has 0 saturated carbocycles. The summed E-state index contributed by atoms with van der Waals surface area (Å²) in [7, 11) is 1.59. The number of carbonyl (C=O) groups excluding carboxylic acids is 1. The van der Waals surface area contributed by atoms with E-state index in [1.54, 1.807) is 31.5 Å². The average Bonchev–Trinajstić information content (AvgIpc) is 2.90. The van der Waals surface area contributed by atoms with Crippen molar-refractivity contribution in [3.63, 3.8) is 0 Å². The SMILES string of the molecule is COc1ccc(OC2CCN(c3nnc(C(=O)N[C@H]4CCc5cc(F)ccc5C4)cc3C)CC2)cn1. The van der Waals surface area contributed by atoms with Crippen molar-refractivity contribution in [2.24, 2.45) is 0 Å². The third kappa shape index (κ3) is 5.40. The topological polar surface area (TPSA) is 89.5 Å². The largest absolute Gasteiger partial charge is 0.489 e. The predicted molar refractivity (Wildman–Crippen MR) is 133 cm³/mol. The van der Waals surface area contributed by atoms with Crippen LogP contribution >= 0.6 is 0 Å². The van der Waals surface area contributed by atoms with Crippen LogP contribution in [0.1, 0.15) is 46.4 Å². The molecule has 1 fully saturated rings. The number of methoxy groups -OCH3 is 1. The van der Waals surface area contributed by atoms with Gasteiger partial charge in [-0.05, 0) is 67.1 Å². The van der Waals surface area contributed by atoms with Crippen LogP contribution in [0.5, 0.6) is 11.6 Å². The Morgan fingerprint density at radius 1 is 1.08 bits per heavy atom. The van der Waals surface area contributed by atoms with Crippen LogP contribution in [0.15, 0.2) is 42.6 Å². The lowest BCUT2D eigenvalue weighted by Crippen LogP contribution is -2.40. The molecule has 1 amide bonds. The van der Waals surface area contributed by atoms with Gasteiger partial charge in [-0.25, -0.2) is 9.37 Å². The molecule has 1 aliphatic heterocycles. The van der Waals surface area contributed by atoms with Crippen LogP contribution in [0.25, 0.3) is 0 Å². The van der Waals surface area contributed by atoms with Crippen molar-refractivity contribution < 1.29 is 18.7 Å². The number of aryl methyl sites for hydroxylation is 2. The zero-order chi connectivity index (χ0) is 25.1. The molecule has 5 rings (SSSR count). The number of hydrogen-bond acceptors (Lipinski definition) is 7. The summed E-state index contributed by atoms with van der Waals surface area (Å²) in [4.78, 5) is 19.2. The molecule has 188 valence electrons. The van der Waals surface area contributed by atoms with Crippen LogP contribution in [0.4, 0.5) is 10.2 Å². The van der Waals surface area contributed by atoms with Gasteiger partial charge in [-0.3, -0.25) is 4.79 Å². The normalized spacial score (nSPS) is 17.9. The van der Waals surface area contributed by atoms with E-state index in [-0.39, 0.29) is 23.9 Å². The highest BCUT2D eigenvalue weighted by atomic mass is 19.1. The van der Waals surface area contributed by atoms with Gasteiger partial charge in [0.25, 0.3) is 5.91 Å². The second-order valence-electron chi connectivity index (χ2n) is 9.40. The van der Waals surface area contributed by atoms with Crippen LogP contribution in [0.3, 0.4) is 0 Å². The first kappa shape index (κ1) is 24.0. The summed E-state index contributed by atoms with van der Waals surface area (Å²) >= 11 is 0. The van der Waals surface area contributed by atoms with Crippen LogP contribution in [-0.2, 0) is 12.8 Å². The van der Waals surface area contributed by atoms with E-state index < -0.39 is 0 Å². The Kier molecular flexibility index (Phi) is 6.97. The molecule has 1 atom stereocenters. The fraction of sp³-hybridized carbons (Fsp3) is 0.407. The molecule has 1 saturated heterocycles. The lowest BCUT2D eigenvalue weighted by Gasteiger charge is -2.33. The van der Waals surface area contributed by atoms with E-state index in [1.165, 1.54) is 6.07 Å². The van der Waals surface area contributed by atoms with Crippen molar-refractivity contribution in [1.82, 2.24) is 20.5 Å². The number of amides is 1. The maximum absolute atomic E-state index is 13.5. The standard InChI is InChI=1S/C27H30FN5O3/c1-17-13-24(27(34)30-21-6-4-18-14-20(28)5-3-19(18)15-21)31-32-26(17)33-11-9-22(10-12-33)36-23-7-8-25(35-2)29-16-23/h3,5,7-8,13-14,16,21-22H,4,6,9-12,15H2,1-2H3,(H,30,34)/t21-/m0/s1. The highest BCUT2D eigenvalue weighted by Gasteiger charge is 2.25. The van der Waals surface area contributed by atoms with Crippen LogP contribution < -0.4 is 19.7 Å². The number of fused-ring (bicyclic) bond motifs is 1. The number of nitrogens with zero attached hydrogens (tertiary/aromatic N) is 4. The van der Waals surface area contributed by atoms with Gasteiger partial charge >= 0.3 is 0 Å².